The predicted molar refractivity (Wildman–Crippen MR) is 90.6 cm³/mol. The van der Waals surface area contributed by atoms with E-state index in [1.54, 1.807) is 30.6 Å². The fourth-order valence-corrected chi connectivity index (χ4v) is 3.39. The van der Waals surface area contributed by atoms with Gasteiger partial charge in [0.1, 0.15) is 0 Å². The second kappa shape index (κ2) is 8.16. The van der Waals surface area contributed by atoms with Gasteiger partial charge in [-0.2, -0.15) is 0 Å². The average molecular weight is 336 g/mol. The van der Waals surface area contributed by atoms with Crippen molar-refractivity contribution in [3.8, 4) is 10.4 Å². The maximum atomic E-state index is 10.7. The number of non-ortho nitro benzene ring substituents is 1. The molecule has 1 unspecified atom stereocenters. The van der Waals surface area contributed by atoms with E-state index in [2.05, 4.69) is 0 Å². The quantitative estimate of drug-likeness (QED) is 0.592. The first-order valence-corrected chi connectivity index (χ1v) is 8.00. The molecule has 1 heterocycles. The highest BCUT2D eigenvalue weighted by Crippen LogP contribution is 2.29. The third kappa shape index (κ3) is 5.11. The zero-order valence-corrected chi connectivity index (χ0v) is 14.0. The van der Waals surface area contributed by atoms with Gasteiger partial charge in [0.25, 0.3) is 5.69 Å². The molecule has 0 amide bonds. The van der Waals surface area contributed by atoms with Crippen molar-refractivity contribution in [2.75, 3.05) is 27.3 Å². The Labute approximate surface area is 139 Å². The number of thiophene rings is 1. The van der Waals surface area contributed by atoms with E-state index in [4.69, 9.17) is 4.74 Å². The molecule has 7 heteroatoms. The van der Waals surface area contributed by atoms with Gasteiger partial charge in [0.05, 0.1) is 17.6 Å². The first-order chi connectivity index (χ1) is 11.0. The van der Waals surface area contributed by atoms with Gasteiger partial charge in [0, 0.05) is 42.1 Å². The molecule has 0 saturated heterocycles. The summed E-state index contributed by atoms with van der Waals surface area (Å²) in [5, 5.41) is 20.4. The van der Waals surface area contributed by atoms with Gasteiger partial charge in [0.2, 0.25) is 0 Å². The van der Waals surface area contributed by atoms with Crippen LogP contribution in [0.2, 0.25) is 0 Å². The number of methoxy groups -OCH3 is 1. The van der Waals surface area contributed by atoms with Crippen LogP contribution in [0.5, 0.6) is 0 Å². The SMILES string of the molecule is COCC(O)CN(C)Cc1ccc(-c2ccc([N+](=O)[O-])cc2)s1. The number of benzene rings is 1. The Morgan fingerprint density at radius 2 is 2.00 bits per heavy atom. The molecule has 1 aromatic carbocycles. The Balaban J connectivity index is 1.98. The molecule has 0 aliphatic heterocycles. The zero-order valence-electron chi connectivity index (χ0n) is 13.1. The van der Waals surface area contributed by atoms with Gasteiger partial charge in [-0.15, -0.1) is 11.3 Å². The number of hydrogen-bond acceptors (Lipinski definition) is 6. The van der Waals surface area contributed by atoms with E-state index in [0.717, 1.165) is 17.0 Å². The summed E-state index contributed by atoms with van der Waals surface area (Å²) in [4.78, 5) is 14.6. The number of nitro benzene ring substituents is 1. The number of ether oxygens (including phenoxy) is 1. The zero-order chi connectivity index (χ0) is 16.8. The smallest absolute Gasteiger partial charge is 0.269 e. The van der Waals surface area contributed by atoms with Crippen molar-refractivity contribution in [3.63, 3.8) is 0 Å². The third-order valence-corrected chi connectivity index (χ3v) is 4.45. The van der Waals surface area contributed by atoms with Crippen LogP contribution in [0.4, 0.5) is 5.69 Å². The first kappa shape index (κ1) is 17.6. The maximum absolute atomic E-state index is 10.7. The van der Waals surface area contributed by atoms with E-state index in [1.165, 1.54) is 17.0 Å². The molecule has 0 fully saturated rings. The molecule has 1 aromatic heterocycles. The fraction of sp³-hybridized carbons (Fsp3) is 0.375. The summed E-state index contributed by atoms with van der Waals surface area (Å²) in [7, 11) is 3.52. The topological polar surface area (TPSA) is 75.8 Å². The number of rotatable bonds is 8. The highest BCUT2D eigenvalue weighted by atomic mass is 32.1. The Hall–Kier alpha value is -1.80. The molecule has 1 atom stereocenters. The van der Waals surface area contributed by atoms with Crippen molar-refractivity contribution in [1.82, 2.24) is 4.90 Å². The minimum absolute atomic E-state index is 0.0948. The number of aliphatic hydroxyl groups excluding tert-OH is 1. The van der Waals surface area contributed by atoms with E-state index >= 15 is 0 Å². The largest absolute Gasteiger partial charge is 0.389 e. The third-order valence-electron chi connectivity index (χ3n) is 3.33. The average Bonchev–Trinajstić information content (AvgIpc) is 2.95. The summed E-state index contributed by atoms with van der Waals surface area (Å²) < 4.78 is 4.92. The normalized spacial score (nSPS) is 12.5. The molecule has 124 valence electrons. The second-order valence-corrected chi connectivity index (χ2v) is 6.54. The lowest BCUT2D eigenvalue weighted by Crippen LogP contribution is -2.31. The molecule has 0 bridgehead atoms. The van der Waals surface area contributed by atoms with Crippen molar-refractivity contribution in [3.05, 3.63) is 51.4 Å². The van der Waals surface area contributed by atoms with Gasteiger partial charge >= 0.3 is 0 Å². The summed E-state index contributed by atoms with van der Waals surface area (Å²) >= 11 is 1.64. The Morgan fingerprint density at radius 1 is 1.30 bits per heavy atom. The summed E-state index contributed by atoms with van der Waals surface area (Å²) in [6.45, 7) is 1.60. The van der Waals surface area contributed by atoms with E-state index in [1.807, 2.05) is 24.1 Å². The number of hydrogen-bond donors (Lipinski definition) is 1. The minimum Gasteiger partial charge on any atom is -0.389 e. The summed E-state index contributed by atoms with van der Waals surface area (Å²) in [6, 6.07) is 10.6. The molecule has 2 rings (SSSR count). The molecule has 23 heavy (non-hydrogen) atoms. The molecule has 0 spiro atoms. The van der Waals surface area contributed by atoms with Crippen LogP contribution < -0.4 is 0 Å². The Kier molecular flexibility index (Phi) is 6.23. The van der Waals surface area contributed by atoms with Gasteiger partial charge in [-0.25, -0.2) is 0 Å². The fourth-order valence-electron chi connectivity index (χ4n) is 2.30. The van der Waals surface area contributed by atoms with Gasteiger partial charge in [0.15, 0.2) is 0 Å². The van der Waals surface area contributed by atoms with Gasteiger partial charge in [-0.3, -0.25) is 15.0 Å². The summed E-state index contributed by atoms with van der Waals surface area (Å²) in [6.07, 6.45) is -0.501. The van der Waals surface area contributed by atoms with Gasteiger partial charge in [-0.1, -0.05) is 0 Å². The van der Waals surface area contributed by atoms with E-state index < -0.39 is 11.0 Å². The van der Waals surface area contributed by atoms with Crippen molar-refractivity contribution >= 4 is 17.0 Å². The van der Waals surface area contributed by atoms with Crippen LogP contribution in [0.15, 0.2) is 36.4 Å². The van der Waals surface area contributed by atoms with E-state index in [0.29, 0.717) is 13.2 Å². The maximum Gasteiger partial charge on any atom is 0.269 e. The molecule has 0 saturated carbocycles. The molecule has 1 N–H and O–H groups in total. The van der Waals surface area contributed by atoms with Crippen LogP contribution in [0.25, 0.3) is 10.4 Å². The van der Waals surface area contributed by atoms with Crippen LogP contribution in [0.1, 0.15) is 4.88 Å². The van der Waals surface area contributed by atoms with Crippen molar-refractivity contribution in [1.29, 1.82) is 0 Å². The van der Waals surface area contributed by atoms with E-state index in [-0.39, 0.29) is 5.69 Å². The number of likely N-dealkylation sites (N-methyl/N-ethyl adjacent to an activating group) is 1. The lowest BCUT2D eigenvalue weighted by atomic mass is 10.2. The predicted octanol–water partition coefficient (Wildman–Crippen LogP) is 2.76. The molecular formula is C16H20N2O4S. The van der Waals surface area contributed by atoms with E-state index in [9.17, 15) is 15.2 Å². The first-order valence-electron chi connectivity index (χ1n) is 7.18. The summed E-state index contributed by atoms with van der Waals surface area (Å²) in [5.74, 6) is 0. The number of nitro groups is 1. The van der Waals surface area contributed by atoms with Crippen LogP contribution >= 0.6 is 11.3 Å². The van der Waals surface area contributed by atoms with Crippen molar-refractivity contribution in [2.24, 2.45) is 0 Å². The van der Waals surface area contributed by atoms with Crippen molar-refractivity contribution < 1.29 is 14.8 Å². The van der Waals surface area contributed by atoms with Crippen LogP contribution in [-0.4, -0.2) is 48.3 Å². The second-order valence-electron chi connectivity index (χ2n) is 5.38. The monoisotopic (exact) mass is 336 g/mol. The number of aliphatic hydroxyl groups is 1. The Morgan fingerprint density at radius 3 is 2.61 bits per heavy atom. The minimum atomic E-state index is -0.501. The molecular weight excluding hydrogens is 316 g/mol. The standard InChI is InChI=1S/C16H20N2O4S/c1-17(9-14(19)11-22-2)10-15-7-8-16(23-15)12-3-5-13(6-4-12)18(20)21/h3-8,14,19H,9-11H2,1-2H3. The molecule has 0 aliphatic carbocycles. The highest BCUT2D eigenvalue weighted by molar-refractivity contribution is 7.15. The van der Waals surface area contributed by atoms with Gasteiger partial charge in [-0.05, 0) is 36.9 Å². The summed E-state index contributed by atoms with van der Waals surface area (Å²) in [5.41, 5.74) is 1.06. The van der Waals surface area contributed by atoms with Gasteiger partial charge < -0.3 is 9.84 Å². The highest BCUT2D eigenvalue weighted by Gasteiger charge is 2.11. The van der Waals surface area contributed by atoms with Crippen LogP contribution in [0.3, 0.4) is 0 Å². The van der Waals surface area contributed by atoms with Crippen LogP contribution in [0, 0.1) is 10.1 Å². The number of nitrogens with zero attached hydrogens (tertiary/aromatic N) is 2. The lowest BCUT2D eigenvalue weighted by Gasteiger charge is -2.19. The lowest BCUT2D eigenvalue weighted by molar-refractivity contribution is -0.384. The van der Waals surface area contributed by atoms with Crippen molar-refractivity contribution in [2.45, 2.75) is 12.6 Å². The molecule has 2 aromatic rings. The van der Waals surface area contributed by atoms with Crippen LogP contribution in [-0.2, 0) is 11.3 Å². The molecule has 0 aliphatic rings. The Bertz CT molecular complexity index is 642. The molecule has 6 nitrogen and oxygen atoms in total. The molecule has 0 radical (unpaired) electrons.